The van der Waals surface area contributed by atoms with E-state index in [0.717, 1.165) is 91.5 Å². The van der Waals surface area contributed by atoms with Crippen LogP contribution >= 0.6 is 0 Å². The highest BCUT2D eigenvalue weighted by Crippen LogP contribution is 2.40. The van der Waals surface area contributed by atoms with E-state index in [4.69, 9.17) is 40.9 Å². The number of hydrogen-bond donors (Lipinski definition) is 2. The molecule has 1 aliphatic carbocycles. The highest BCUT2D eigenvalue weighted by Gasteiger charge is 2.23. The van der Waals surface area contributed by atoms with Gasteiger partial charge in [-0.3, -0.25) is 14.2 Å². The Kier molecular flexibility index (Phi) is 9.37. The number of carbonyl (C=O) groups excluding carboxylic acids is 1. The Morgan fingerprint density at radius 1 is 0.695 bits per heavy atom. The summed E-state index contributed by atoms with van der Waals surface area (Å²) in [4.78, 5) is 32.4. The minimum Gasteiger partial charge on any atom is -0.495 e. The number of aryl methyl sites for hydroxylation is 4. The lowest BCUT2D eigenvalue weighted by molar-refractivity contribution is 0.1000. The van der Waals surface area contributed by atoms with Crippen molar-refractivity contribution >= 4 is 55.5 Å². The summed E-state index contributed by atoms with van der Waals surface area (Å²) in [5, 5.41) is 12.7. The van der Waals surface area contributed by atoms with Crippen LogP contribution in [0.5, 0.6) is 11.5 Å². The Morgan fingerprint density at radius 3 is 1.59 bits per heavy atom. The number of aromatic nitrogens is 10. The molecule has 0 radical (unpaired) electrons. The SMILES string of the molecule is CCn1nc(C)cc1-c1ncc2c3cc(C(N)=O)cc(OC)c3n(C/C=C/Cn3c4nc(-c5cc(C)nn5CC)ncc4c4cc(C(N)=C5CCC5)cc(OC)c43)c2n1. The molecule has 15 nitrogen and oxygen atoms in total. The fourth-order valence-corrected chi connectivity index (χ4v) is 8.26. The smallest absolute Gasteiger partial charge is 0.248 e. The number of primary amides is 1. The maximum absolute atomic E-state index is 12.4. The summed E-state index contributed by atoms with van der Waals surface area (Å²) in [6.07, 6.45) is 11.1. The monoisotopic (exact) mass is 790 g/mol. The van der Waals surface area contributed by atoms with Gasteiger partial charge >= 0.3 is 0 Å². The van der Waals surface area contributed by atoms with Crippen LogP contribution < -0.4 is 20.9 Å². The Labute approximate surface area is 340 Å². The third-order valence-corrected chi connectivity index (χ3v) is 11.3. The first-order valence-corrected chi connectivity index (χ1v) is 19.9. The first-order chi connectivity index (χ1) is 28.6. The minimum atomic E-state index is -0.553. The number of methoxy groups -OCH3 is 2. The van der Waals surface area contributed by atoms with Crippen LogP contribution in [0.25, 0.3) is 72.6 Å². The van der Waals surface area contributed by atoms with Crippen molar-refractivity contribution in [2.75, 3.05) is 14.2 Å². The van der Waals surface area contributed by atoms with E-state index in [1.807, 2.05) is 54.5 Å². The highest BCUT2D eigenvalue weighted by molar-refractivity contribution is 6.12. The van der Waals surface area contributed by atoms with Crippen molar-refractivity contribution < 1.29 is 14.3 Å². The number of nitrogens with two attached hydrogens (primary N) is 2. The van der Waals surface area contributed by atoms with Crippen molar-refractivity contribution in [3.8, 4) is 34.5 Å². The van der Waals surface area contributed by atoms with Crippen LogP contribution in [0.1, 0.15) is 60.4 Å². The molecule has 0 saturated heterocycles. The molecule has 6 aromatic heterocycles. The molecular weight excluding hydrogens is 745 g/mol. The average molecular weight is 791 g/mol. The van der Waals surface area contributed by atoms with Crippen molar-refractivity contribution in [2.24, 2.45) is 11.5 Å². The normalized spacial score (nSPS) is 13.1. The van der Waals surface area contributed by atoms with Crippen molar-refractivity contribution in [1.29, 1.82) is 0 Å². The number of hydrogen-bond acceptors (Lipinski definition) is 10. The largest absolute Gasteiger partial charge is 0.495 e. The number of rotatable bonds is 12. The quantitative estimate of drug-likeness (QED) is 0.121. The molecule has 1 saturated carbocycles. The summed E-state index contributed by atoms with van der Waals surface area (Å²) in [5.41, 5.74) is 22.4. The lowest BCUT2D eigenvalue weighted by atomic mass is 9.88. The Hall–Kier alpha value is -7.03. The molecule has 59 heavy (non-hydrogen) atoms. The first kappa shape index (κ1) is 37.5. The molecule has 0 atom stereocenters. The third-order valence-electron chi connectivity index (χ3n) is 11.3. The summed E-state index contributed by atoms with van der Waals surface area (Å²) in [6, 6.07) is 11.6. The van der Waals surface area contributed by atoms with E-state index >= 15 is 0 Å². The van der Waals surface area contributed by atoms with Gasteiger partial charge in [0.05, 0.1) is 36.6 Å². The van der Waals surface area contributed by atoms with E-state index in [-0.39, 0.29) is 0 Å². The van der Waals surface area contributed by atoms with Gasteiger partial charge in [0.2, 0.25) is 5.91 Å². The van der Waals surface area contributed by atoms with Crippen LogP contribution in [-0.2, 0) is 26.2 Å². The van der Waals surface area contributed by atoms with E-state index in [1.54, 1.807) is 32.5 Å². The molecule has 1 amide bonds. The fourth-order valence-electron chi connectivity index (χ4n) is 8.26. The van der Waals surface area contributed by atoms with E-state index in [1.165, 1.54) is 5.57 Å². The molecule has 2 aromatic carbocycles. The van der Waals surface area contributed by atoms with Gasteiger partial charge in [0.1, 0.15) is 34.2 Å². The molecule has 9 rings (SSSR count). The Morgan fingerprint density at radius 2 is 1.17 bits per heavy atom. The predicted octanol–water partition coefficient (Wildman–Crippen LogP) is 7.09. The number of carbonyl (C=O) groups is 1. The lowest BCUT2D eigenvalue weighted by Crippen LogP contribution is -2.11. The number of fused-ring (bicyclic) bond motifs is 6. The zero-order valence-corrected chi connectivity index (χ0v) is 34.1. The third kappa shape index (κ3) is 6.24. The minimum absolute atomic E-state index is 0.334. The standard InChI is InChI=1S/C44H46N12O3/c1-7-55-33(16-24(3)51-55)41-47-22-31-29-18-27(37(45)26-12-11-13-26)20-35(58-5)38(29)53(43(31)49-41)14-9-10-15-54-39-30(19-28(40(46)57)21-36(39)59-6)32-23-48-42(50-44(32)54)34-17-25(4)52-56(34)8-2/h9-10,16-23H,7-8,11-15,45H2,1-6H3,(H2,46,57)/b10-9+. The zero-order chi connectivity index (χ0) is 41.1. The summed E-state index contributed by atoms with van der Waals surface area (Å²) >= 11 is 0. The second-order valence-corrected chi connectivity index (χ2v) is 14.9. The first-order valence-electron chi connectivity index (χ1n) is 19.9. The molecule has 15 heteroatoms. The number of benzene rings is 2. The summed E-state index contributed by atoms with van der Waals surface area (Å²) in [5.74, 6) is 1.78. The zero-order valence-electron chi connectivity index (χ0n) is 34.1. The van der Waals surface area contributed by atoms with Crippen molar-refractivity contribution in [3.63, 3.8) is 0 Å². The van der Waals surface area contributed by atoms with Gasteiger partial charge in [-0.1, -0.05) is 12.2 Å². The molecular formula is C44H46N12O3. The lowest BCUT2D eigenvalue weighted by Gasteiger charge is -2.20. The van der Waals surface area contributed by atoms with Gasteiger partial charge in [0.25, 0.3) is 0 Å². The molecule has 0 aliphatic heterocycles. The second-order valence-electron chi connectivity index (χ2n) is 14.9. The van der Waals surface area contributed by atoms with Crippen molar-refractivity contribution in [2.45, 2.75) is 73.1 Å². The van der Waals surface area contributed by atoms with E-state index in [2.05, 4.69) is 44.5 Å². The number of nitrogens with zero attached hydrogens (tertiary/aromatic N) is 10. The average Bonchev–Trinajstić information content (AvgIpc) is 3.97. The second kappa shape index (κ2) is 14.7. The highest BCUT2D eigenvalue weighted by atomic mass is 16.5. The van der Waals surface area contributed by atoms with Gasteiger partial charge in [-0.2, -0.15) is 10.2 Å². The molecule has 300 valence electrons. The van der Waals surface area contributed by atoms with Crippen LogP contribution in [0.15, 0.2) is 66.5 Å². The molecule has 1 aliphatic rings. The number of allylic oxidation sites excluding steroid dienone is 3. The Balaban J connectivity index is 1.19. The predicted molar refractivity (Wildman–Crippen MR) is 229 cm³/mol. The van der Waals surface area contributed by atoms with E-state index in [9.17, 15) is 4.79 Å². The van der Waals surface area contributed by atoms with Gasteiger partial charge in [-0.25, -0.2) is 19.9 Å². The molecule has 1 fully saturated rings. The Bertz CT molecular complexity index is 3050. The van der Waals surface area contributed by atoms with Crippen LogP contribution in [0.3, 0.4) is 0 Å². The fraction of sp³-hybridized carbons (Fsp3) is 0.295. The van der Waals surface area contributed by atoms with Gasteiger partial charge in [0.15, 0.2) is 11.6 Å². The van der Waals surface area contributed by atoms with Crippen molar-refractivity contribution in [3.05, 3.63) is 89.0 Å². The maximum Gasteiger partial charge on any atom is 0.248 e. The van der Waals surface area contributed by atoms with Gasteiger partial charge in [0, 0.05) is 76.9 Å². The number of amides is 1. The van der Waals surface area contributed by atoms with Gasteiger partial charge in [-0.15, -0.1) is 0 Å². The molecule has 8 aromatic rings. The number of ether oxygens (including phenoxy) is 2. The topological polar surface area (TPSA) is 185 Å². The van der Waals surface area contributed by atoms with E-state index < -0.39 is 5.91 Å². The van der Waals surface area contributed by atoms with Gasteiger partial charge in [-0.05, 0) is 88.9 Å². The van der Waals surface area contributed by atoms with Crippen LogP contribution in [0.4, 0.5) is 0 Å². The summed E-state index contributed by atoms with van der Waals surface area (Å²) in [7, 11) is 3.27. The van der Waals surface area contributed by atoms with Gasteiger partial charge < -0.3 is 30.1 Å². The molecule has 0 bridgehead atoms. The molecule has 0 spiro atoms. The summed E-state index contributed by atoms with van der Waals surface area (Å²) in [6.45, 7) is 10.3. The van der Waals surface area contributed by atoms with E-state index in [0.29, 0.717) is 60.5 Å². The van der Waals surface area contributed by atoms with Crippen LogP contribution in [0, 0.1) is 13.8 Å². The maximum atomic E-state index is 12.4. The molecule has 6 heterocycles. The van der Waals surface area contributed by atoms with Crippen LogP contribution in [0.2, 0.25) is 0 Å². The molecule has 0 unspecified atom stereocenters. The van der Waals surface area contributed by atoms with Crippen molar-refractivity contribution in [1.82, 2.24) is 48.6 Å². The summed E-state index contributed by atoms with van der Waals surface area (Å²) < 4.78 is 20.0. The molecule has 4 N–H and O–H groups in total. The van der Waals surface area contributed by atoms with Crippen LogP contribution in [-0.4, -0.2) is 68.8 Å².